The van der Waals surface area contributed by atoms with Crippen LogP contribution < -0.4 is 9.47 Å². The molecule has 21 heavy (non-hydrogen) atoms. The van der Waals surface area contributed by atoms with Gasteiger partial charge in [0.1, 0.15) is 30.4 Å². The molecule has 1 N–H and O–H groups in total. The fraction of sp³-hybridized carbons (Fsp3) is 0.133. The number of fused-ring (bicyclic) bond motifs is 1. The van der Waals surface area contributed by atoms with Gasteiger partial charge in [-0.2, -0.15) is 0 Å². The molecule has 1 heterocycles. The highest BCUT2D eigenvalue weighted by Gasteiger charge is 2.20. The molecule has 0 saturated heterocycles. The van der Waals surface area contributed by atoms with Crippen molar-refractivity contribution < 1.29 is 23.5 Å². The molecule has 6 heteroatoms. The number of hydrogen-bond acceptors (Lipinski definition) is 4. The van der Waals surface area contributed by atoms with Gasteiger partial charge in [-0.05, 0) is 29.8 Å². The molecule has 0 radical (unpaired) electrons. The van der Waals surface area contributed by atoms with Crippen molar-refractivity contribution in [2.45, 2.75) is 6.61 Å². The third-order valence-electron chi connectivity index (χ3n) is 3.14. The zero-order chi connectivity index (χ0) is 14.8. The lowest BCUT2D eigenvalue weighted by Gasteiger charge is -2.08. The Hall–Kier alpha value is -2.63. The number of benzene rings is 2. The van der Waals surface area contributed by atoms with Crippen molar-refractivity contribution in [3.05, 3.63) is 59.2 Å². The Morgan fingerprint density at radius 3 is 2.76 bits per heavy atom. The molecule has 2 aromatic carbocycles. The number of ether oxygens (including phenoxy) is 2. The molecule has 0 aliphatic carbocycles. The largest absolute Gasteiger partial charge is 0.489 e. The third kappa shape index (κ3) is 2.65. The summed E-state index contributed by atoms with van der Waals surface area (Å²) >= 11 is 0. The van der Waals surface area contributed by atoms with E-state index in [0.29, 0.717) is 28.3 Å². The van der Waals surface area contributed by atoms with E-state index in [1.54, 1.807) is 18.2 Å². The summed E-state index contributed by atoms with van der Waals surface area (Å²) in [4.78, 5) is 0. The Kier molecular flexibility index (Phi) is 3.43. The van der Waals surface area contributed by atoms with Crippen LogP contribution in [0.3, 0.4) is 0 Å². The first-order chi connectivity index (χ1) is 10.2. The van der Waals surface area contributed by atoms with E-state index in [4.69, 9.17) is 14.7 Å². The van der Waals surface area contributed by atoms with E-state index in [0.717, 1.165) is 12.1 Å². The number of nitrogens with zero attached hydrogens (tertiary/aromatic N) is 1. The highest BCUT2D eigenvalue weighted by atomic mass is 19.2. The van der Waals surface area contributed by atoms with Crippen LogP contribution >= 0.6 is 0 Å². The lowest BCUT2D eigenvalue weighted by molar-refractivity contribution is 0.301. The average Bonchev–Trinajstić information content (AvgIpc) is 2.90. The summed E-state index contributed by atoms with van der Waals surface area (Å²) in [5, 5.41) is 11.9. The second kappa shape index (κ2) is 5.40. The maximum Gasteiger partial charge on any atom is 0.159 e. The maximum atomic E-state index is 13.1. The minimum atomic E-state index is -0.905. The minimum absolute atomic E-state index is 0.108. The fourth-order valence-electron chi connectivity index (χ4n) is 2.05. The quantitative estimate of drug-likeness (QED) is 0.698. The summed E-state index contributed by atoms with van der Waals surface area (Å²) in [6.45, 7) is 0.315. The molecule has 0 saturated carbocycles. The molecule has 2 aromatic rings. The van der Waals surface area contributed by atoms with E-state index in [1.807, 2.05) is 0 Å². The summed E-state index contributed by atoms with van der Waals surface area (Å²) in [6.07, 6.45) is 0. The van der Waals surface area contributed by atoms with E-state index in [9.17, 15) is 8.78 Å². The average molecular weight is 291 g/mol. The molecule has 0 fully saturated rings. The van der Waals surface area contributed by atoms with Gasteiger partial charge >= 0.3 is 0 Å². The molecule has 1 aliphatic heterocycles. The van der Waals surface area contributed by atoms with Crippen molar-refractivity contribution in [1.82, 2.24) is 0 Å². The van der Waals surface area contributed by atoms with Gasteiger partial charge in [-0.25, -0.2) is 8.78 Å². The maximum absolute atomic E-state index is 13.1. The molecule has 3 rings (SSSR count). The smallest absolute Gasteiger partial charge is 0.159 e. The summed E-state index contributed by atoms with van der Waals surface area (Å²) < 4.78 is 36.8. The van der Waals surface area contributed by atoms with Crippen LogP contribution in [0, 0.1) is 11.6 Å². The first-order valence-corrected chi connectivity index (χ1v) is 6.22. The van der Waals surface area contributed by atoms with Crippen molar-refractivity contribution in [2.24, 2.45) is 5.16 Å². The highest BCUT2D eigenvalue weighted by molar-refractivity contribution is 6.05. The summed E-state index contributed by atoms with van der Waals surface area (Å²) in [5.74, 6) is -0.707. The standard InChI is InChI=1S/C15H11F2NO3/c16-12-4-1-9(5-13(12)17)7-20-10-2-3-11-14(18-19)8-21-15(11)6-10/h1-6,19H,7-8H2/b18-14-. The van der Waals surface area contributed by atoms with Gasteiger partial charge in [-0.15, -0.1) is 0 Å². The molecule has 0 spiro atoms. The van der Waals surface area contributed by atoms with E-state index in [-0.39, 0.29) is 13.2 Å². The molecular weight excluding hydrogens is 280 g/mol. The third-order valence-corrected chi connectivity index (χ3v) is 3.14. The fourth-order valence-corrected chi connectivity index (χ4v) is 2.05. The van der Waals surface area contributed by atoms with Gasteiger partial charge < -0.3 is 14.7 Å². The van der Waals surface area contributed by atoms with Crippen molar-refractivity contribution in [3.63, 3.8) is 0 Å². The van der Waals surface area contributed by atoms with Crippen molar-refractivity contribution in [3.8, 4) is 11.5 Å². The second-order valence-corrected chi connectivity index (χ2v) is 4.53. The molecule has 4 nitrogen and oxygen atoms in total. The summed E-state index contributed by atoms with van der Waals surface area (Å²) in [6, 6.07) is 8.68. The van der Waals surface area contributed by atoms with Crippen molar-refractivity contribution in [1.29, 1.82) is 0 Å². The van der Waals surface area contributed by atoms with Gasteiger partial charge in [0.15, 0.2) is 11.6 Å². The number of halogens is 2. The van der Waals surface area contributed by atoms with Gasteiger partial charge in [0.05, 0.1) is 0 Å². The Bertz CT molecular complexity index is 716. The van der Waals surface area contributed by atoms with Crippen LogP contribution in [0.1, 0.15) is 11.1 Å². The second-order valence-electron chi connectivity index (χ2n) is 4.53. The first-order valence-electron chi connectivity index (χ1n) is 6.22. The van der Waals surface area contributed by atoms with E-state index < -0.39 is 11.6 Å². The lowest BCUT2D eigenvalue weighted by atomic mass is 10.1. The molecular formula is C15H11F2NO3. The van der Waals surface area contributed by atoms with Crippen LogP contribution in [0.2, 0.25) is 0 Å². The van der Waals surface area contributed by atoms with Crippen LogP contribution in [0.4, 0.5) is 8.78 Å². The molecule has 0 unspecified atom stereocenters. The van der Waals surface area contributed by atoms with E-state index in [2.05, 4.69) is 5.16 Å². The Morgan fingerprint density at radius 2 is 2.00 bits per heavy atom. The van der Waals surface area contributed by atoms with Crippen LogP contribution in [0.25, 0.3) is 0 Å². The van der Waals surface area contributed by atoms with Crippen LogP contribution in [0.15, 0.2) is 41.6 Å². The number of oxime groups is 1. The van der Waals surface area contributed by atoms with Crippen molar-refractivity contribution >= 4 is 5.71 Å². The molecule has 0 bridgehead atoms. The lowest BCUT2D eigenvalue weighted by Crippen LogP contribution is -2.01. The first kappa shape index (κ1) is 13.4. The predicted octanol–water partition coefficient (Wildman–Crippen LogP) is 3.11. The topological polar surface area (TPSA) is 51.1 Å². The zero-order valence-corrected chi connectivity index (χ0v) is 10.8. The Labute approximate surface area is 119 Å². The Balaban J connectivity index is 1.73. The molecule has 0 amide bonds. The summed E-state index contributed by atoms with van der Waals surface area (Å²) in [5.41, 5.74) is 1.68. The minimum Gasteiger partial charge on any atom is -0.489 e. The van der Waals surface area contributed by atoms with Gasteiger partial charge in [0, 0.05) is 11.6 Å². The number of rotatable bonds is 3. The van der Waals surface area contributed by atoms with Gasteiger partial charge in [-0.1, -0.05) is 11.2 Å². The van der Waals surface area contributed by atoms with Crippen LogP contribution in [-0.4, -0.2) is 17.5 Å². The molecule has 0 atom stereocenters. The Morgan fingerprint density at radius 1 is 1.14 bits per heavy atom. The number of hydrogen-bond donors (Lipinski definition) is 1. The van der Waals surface area contributed by atoms with Gasteiger partial charge in [0.2, 0.25) is 0 Å². The molecule has 108 valence electrons. The van der Waals surface area contributed by atoms with E-state index >= 15 is 0 Å². The molecule has 0 aromatic heterocycles. The van der Waals surface area contributed by atoms with E-state index in [1.165, 1.54) is 6.07 Å². The predicted molar refractivity (Wildman–Crippen MR) is 71.0 cm³/mol. The zero-order valence-electron chi connectivity index (χ0n) is 10.8. The van der Waals surface area contributed by atoms with Crippen molar-refractivity contribution in [2.75, 3.05) is 6.61 Å². The highest BCUT2D eigenvalue weighted by Crippen LogP contribution is 2.30. The van der Waals surface area contributed by atoms with Gasteiger partial charge in [-0.3, -0.25) is 0 Å². The van der Waals surface area contributed by atoms with Crippen LogP contribution in [-0.2, 0) is 6.61 Å². The SMILES string of the molecule is O/N=C1/COc2cc(OCc3ccc(F)c(F)c3)ccc21. The van der Waals surface area contributed by atoms with Crippen LogP contribution in [0.5, 0.6) is 11.5 Å². The molecule has 1 aliphatic rings. The normalized spacial score (nSPS) is 14.9. The summed E-state index contributed by atoms with van der Waals surface area (Å²) in [7, 11) is 0. The van der Waals surface area contributed by atoms with Gasteiger partial charge in [0.25, 0.3) is 0 Å². The monoisotopic (exact) mass is 291 g/mol.